The Hall–Kier alpha value is -0.770. The standard InChI is InChI=1S/C12H25N3O/c13-9-5-1-2-6-10-14-12(16)15-11-7-3-4-8-11/h11H,1-10,13H2,(H2,14,15,16). The van der Waals surface area contributed by atoms with Gasteiger partial charge in [0, 0.05) is 12.6 Å². The van der Waals surface area contributed by atoms with Gasteiger partial charge in [-0.15, -0.1) is 0 Å². The molecule has 1 fully saturated rings. The molecule has 94 valence electrons. The first-order chi connectivity index (χ1) is 7.83. The second-order valence-corrected chi connectivity index (χ2v) is 4.58. The summed E-state index contributed by atoms with van der Waals surface area (Å²) >= 11 is 0. The molecule has 1 rings (SSSR count). The van der Waals surface area contributed by atoms with Gasteiger partial charge in [0.15, 0.2) is 0 Å². The fraction of sp³-hybridized carbons (Fsp3) is 0.917. The molecule has 1 aliphatic carbocycles. The van der Waals surface area contributed by atoms with E-state index >= 15 is 0 Å². The van der Waals surface area contributed by atoms with Gasteiger partial charge in [-0.25, -0.2) is 4.79 Å². The van der Waals surface area contributed by atoms with Crippen molar-refractivity contribution in [1.29, 1.82) is 0 Å². The van der Waals surface area contributed by atoms with Crippen molar-refractivity contribution >= 4 is 6.03 Å². The molecule has 0 saturated heterocycles. The quantitative estimate of drug-likeness (QED) is 0.580. The molecule has 1 saturated carbocycles. The Morgan fingerprint density at radius 2 is 1.81 bits per heavy atom. The van der Waals surface area contributed by atoms with E-state index in [2.05, 4.69) is 10.6 Å². The molecule has 0 atom stereocenters. The van der Waals surface area contributed by atoms with Crippen LogP contribution in [0.25, 0.3) is 0 Å². The third-order valence-corrected chi connectivity index (χ3v) is 3.11. The van der Waals surface area contributed by atoms with Crippen LogP contribution in [0, 0.1) is 0 Å². The van der Waals surface area contributed by atoms with Gasteiger partial charge in [0.25, 0.3) is 0 Å². The van der Waals surface area contributed by atoms with Crippen molar-refractivity contribution in [3.8, 4) is 0 Å². The fourth-order valence-corrected chi connectivity index (χ4v) is 2.13. The van der Waals surface area contributed by atoms with Gasteiger partial charge in [0.05, 0.1) is 0 Å². The number of hydrogen-bond acceptors (Lipinski definition) is 2. The largest absolute Gasteiger partial charge is 0.338 e. The molecule has 0 bridgehead atoms. The number of nitrogens with one attached hydrogen (secondary N) is 2. The first kappa shape index (κ1) is 13.3. The summed E-state index contributed by atoms with van der Waals surface area (Å²) in [7, 11) is 0. The Kier molecular flexibility index (Phi) is 6.97. The van der Waals surface area contributed by atoms with Crippen molar-refractivity contribution < 1.29 is 4.79 Å². The summed E-state index contributed by atoms with van der Waals surface area (Å²) in [5.74, 6) is 0. The Balaban J connectivity index is 1.89. The second-order valence-electron chi connectivity index (χ2n) is 4.58. The van der Waals surface area contributed by atoms with Gasteiger partial charge < -0.3 is 16.4 Å². The number of unbranched alkanes of at least 4 members (excludes halogenated alkanes) is 3. The minimum Gasteiger partial charge on any atom is -0.338 e. The van der Waals surface area contributed by atoms with Crippen LogP contribution in [-0.2, 0) is 0 Å². The van der Waals surface area contributed by atoms with Gasteiger partial charge in [-0.05, 0) is 32.2 Å². The molecule has 4 heteroatoms. The van der Waals surface area contributed by atoms with Gasteiger partial charge in [-0.1, -0.05) is 25.7 Å². The lowest BCUT2D eigenvalue weighted by Crippen LogP contribution is -2.41. The summed E-state index contributed by atoms with van der Waals surface area (Å²) in [5, 5.41) is 5.92. The Labute approximate surface area is 98.3 Å². The third kappa shape index (κ3) is 5.95. The van der Waals surface area contributed by atoms with Crippen molar-refractivity contribution in [2.45, 2.75) is 57.4 Å². The summed E-state index contributed by atoms with van der Waals surface area (Å²) in [4.78, 5) is 11.4. The van der Waals surface area contributed by atoms with Crippen molar-refractivity contribution in [2.75, 3.05) is 13.1 Å². The first-order valence-corrected chi connectivity index (χ1v) is 6.57. The van der Waals surface area contributed by atoms with Crippen LogP contribution in [0.5, 0.6) is 0 Å². The van der Waals surface area contributed by atoms with E-state index in [0.717, 1.165) is 45.2 Å². The maximum Gasteiger partial charge on any atom is 0.315 e. The SMILES string of the molecule is NCCCCCCNC(=O)NC1CCCC1. The summed E-state index contributed by atoms with van der Waals surface area (Å²) in [6, 6.07) is 0.419. The van der Waals surface area contributed by atoms with E-state index in [1.165, 1.54) is 19.3 Å². The van der Waals surface area contributed by atoms with Crippen LogP contribution in [0.4, 0.5) is 4.79 Å². The number of nitrogens with two attached hydrogens (primary N) is 1. The number of rotatable bonds is 7. The number of carbonyl (C=O) groups is 1. The smallest absolute Gasteiger partial charge is 0.315 e. The molecule has 0 aromatic heterocycles. The Morgan fingerprint density at radius 3 is 2.50 bits per heavy atom. The Morgan fingerprint density at radius 1 is 1.12 bits per heavy atom. The molecular weight excluding hydrogens is 202 g/mol. The molecule has 1 aliphatic rings. The van der Waals surface area contributed by atoms with E-state index in [4.69, 9.17) is 5.73 Å². The lowest BCUT2D eigenvalue weighted by Gasteiger charge is -2.12. The van der Waals surface area contributed by atoms with Crippen LogP contribution in [0.15, 0.2) is 0 Å². The van der Waals surface area contributed by atoms with E-state index in [0.29, 0.717) is 6.04 Å². The molecule has 4 N–H and O–H groups in total. The van der Waals surface area contributed by atoms with Crippen LogP contribution in [0.1, 0.15) is 51.4 Å². The minimum absolute atomic E-state index is 0.00530. The Bertz CT molecular complexity index is 191. The maximum absolute atomic E-state index is 11.4. The molecule has 0 aliphatic heterocycles. The van der Waals surface area contributed by atoms with E-state index in [1.807, 2.05) is 0 Å². The van der Waals surface area contributed by atoms with Crippen molar-refractivity contribution in [3.05, 3.63) is 0 Å². The highest BCUT2D eigenvalue weighted by Crippen LogP contribution is 2.17. The van der Waals surface area contributed by atoms with Crippen molar-refractivity contribution in [1.82, 2.24) is 10.6 Å². The topological polar surface area (TPSA) is 67.1 Å². The minimum atomic E-state index is 0.00530. The fourth-order valence-electron chi connectivity index (χ4n) is 2.13. The maximum atomic E-state index is 11.4. The van der Waals surface area contributed by atoms with Crippen molar-refractivity contribution in [2.24, 2.45) is 5.73 Å². The van der Waals surface area contributed by atoms with E-state index < -0.39 is 0 Å². The summed E-state index contributed by atoms with van der Waals surface area (Å²) in [5.41, 5.74) is 5.40. The monoisotopic (exact) mass is 227 g/mol. The summed E-state index contributed by atoms with van der Waals surface area (Å²) in [6.07, 6.45) is 9.26. The van der Waals surface area contributed by atoms with Crippen LogP contribution in [0.2, 0.25) is 0 Å². The molecule has 4 nitrogen and oxygen atoms in total. The lowest BCUT2D eigenvalue weighted by atomic mass is 10.2. The predicted molar refractivity (Wildman–Crippen MR) is 66.3 cm³/mol. The highest BCUT2D eigenvalue weighted by molar-refractivity contribution is 5.74. The molecule has 0 unspecified atom stereocenters. The number of hydrogen-bond donors (Lipinski definition) is 3. The van der Waals surface area contributed by atoms with Gasteiger partial charge in [-0.3, -0.25) is 0 Å². The first-order valence-electron chi connectivity index (χ1n) is 6.57. The molecule has 2 amide bonds. The van der Waals surface area contributed by atoms with E-state index in [1.54, 1.807) is 0 Å². The number of urea groups is 1. The van der Waals surface area contributed by atoms with Gasteiger partial charge >= 0.3 is 6.03 Å². The van der Waals surface area contributed by atoms with E-state index in [9.17, 15) is 4.79 Å². The molecule has 0 aromatic carbocycles. The summed E-state index contributed by atoms with van der Waals surface area (Å²) in [6.45, 7) is 1.55. The van der Waals surface area contributed by atoms with Gasteiger partial charge in [0.2, 0.25) is 0 Å². The zero-order chi connectivity index (χ0) is 11.6. The molecule has 0 aromatic rings. The zero-order valence-corrected chi connectivity index (χ0v) is 10.1. The molecule has 16 heavy (non-hydrogen) atoms. The highest BCUT2D eigenvalue weighted by Gasteiger charge is 2.16. The van der Waals surface area contributed by atoms with Crippen molar-refractivity contribution in [3.63, 3.8) is 0 Å². The average Bonchev–Trinajstić information content (AvgIpc) is 2.76. The average molecular weight is 227 g/mol. The van der Waals surface area contributed by atoms with Crippen LogP contribution < -0.4 is 16.4 Å². The lowest BCUT2D eigenvalue weighted by molar-refractivity contribution is 0.237. The molecular formula is C12H25N3O. The molecule has 0 spiro atoms. The number of amides is 2. The van der Waals surface area contributed by atoms with Gasteiger partial charge in [0.1, 0.15) is 0 Å². The summed E-state index contributed by atoms with van der Waals surface area (Å²) < 4.78 is 0. The molecule has 0 radical (unpaired) electrons. The normalized spacial score (nSPS) is 16.3. The van der Waals surface area contributed by atoms with E-state index in [-0.39, 0.29) is 6.03 Å². The predicted octanol–water partition coefficient (Wildman–Crippen LogP) is 1.75. The third-order valence-electron chi connectivity index (χ3n) is 3.11. The van der Waals surface area contributed by atoms with Gasteiger partial charge in [-0.2, -0.15) is 0 Å². The van der Waals surface area contributed by atoms with Crippen LogP contribution in [0.3, 0.4) is 0 Å². The van der Waals surface area contributed by atoms with Crippen LogP contribution >= 0.6 is 0 Å². The van der Waals surface area contributed by atoms with Crippen LogP contribution in [-0.4, -0.2) is 25.2 Å². The highest BCUT2D eigenvalue weighted by atomic mass is 16.2. The number of carbonyl (C=O) groups excluding carboxylic acids is 1. The zero-order valence-electron chi connectivity index (χ0n) is 10.1. The molecule has 0 heterocycles. The second kappa shape index (κ2) is 8.39.